The Morgan fingerprint density at radius 3 is 2.27 bits per heavy atom. The van der Waals surface area contributed by atoms with Gasteiger partial charge in [-0.2, -0.15) is 0 Å². The van der Waals surface area contributed by atoms with Crippen molar-refractivity contribution in [2.24, 2.45) is 0 Å². The molecule has 0 amide bonds. The van der Waals surface area contributed by atoms with Gasteiger partial charge in [-0.05, 0) is 28.8 Å². The fraction of sp³-hybridized carbons (Fsp3) is 0.0769. The zero-order chi connectivity index (χ0) is 10.7. The first-order valence-electron chi connectivity index (χ1n) is 4.71. The van der Waals surface area contributed by atoms with Crippen LogP contribution in [0.3, 0.4) is 0 Å². The van der Waals surface area contributed by atoms with E-state index in [1.165, 1.54) is 16.7 Å². The van der Waals surface area contributed by atoms with E-state index in [1.807, 2.05) is 12.1 Å². The van der Waals surface area contributed by atoms with Crippen molar-refractivity contribution < 1.29 is 0 Å². The number of hydrogen-bond donors (Lipinski definition) is 0. The fourth-order valence-corrected chi connectivity index (χ4v) is 2.34. The largest absolute Gasteiger partial charge is 0.0843 e. The van der Waals surface area contributed by atoms with Gasteiger partial charge in [0.1, 0.15) is 0 Å². The minimum Gasteiger partial charge on any atom is -0.0843 e. The summed E-state index contributed by atoms with van der Waals surface area (Å²) >= 11 is 8.26. The smallest absolute Gasteiger partial charge is 0.0406 e. The molecule has 0 aromatic heterocycles. The van der Waals surface area contributed by atoms with Crippen molar-refractivity contribution in [3.63, 3.8) is 0 Å². The highest BCUT2D eigenvalue weighted by molar-refractivity contribution is 14.1. The van der Waals surface area contributed by atoms with Crippen LogP contribution in [0.15, 0.2) is 48.5 Å². The van der Waals surface area contributed by atoms with Gasteiger partial charge in [-0.3, -0.25) is 0 Å². The highest BCUT2D eigenvalue weighted by Crippen LogP contribution is 2.26. The molecule has 0 heterocycles. The van der Waals surface area contributed by atoms with Crippen molar-refractivity contribution in [2.45, 2.75) is 4.43 Å². The minimum absolute atomic E-state index is 0.783. The molecule has 2 aromatic rings. The molecule has 2 rings (SSSR count). The summed E-state index contributed by atoms with van der Waals surface area (Å²) in [4.78, 5) is 0. The van der Waals surface area contributed by atoms with Crippen LogP contribution in [0.2, 0.25) is 5.02 Å². The molecule has 2 heteroatoms. The van der Waals surface area contributed by atoms with Crippen LogP contribution < -0.4 is 0 Å². The molecule has 0 radical (unpaired) electrons. The molecule has 0 bridgehead atoms. The van der Waals surface area contributed by atoms with Crippen molar-refractivity contribution in [1.29, 1.82) is 0 Å². The first kappa shape index (κ1) is 11.0. The summed E-state index contributed by atoms with van der Waals surface area (Å²) in [7, 11) is 0. The summed E-state index contributed by atoms with van der Waals surface area (Å²) in [5, 5.41) is 0.783. The average molecular weight is 329 g/mol. The molecule has 0 aliphatic carbocycles. The summed E-state index contributed by atoms with van der Waals surface area (Å²) in [6.07, 6.45) is 0. The van der Waals surface area contributed by atoms with E-state index in [2.05, 4.69) is 59.0 Å². The number of alkyl halides is 1. The summed E-state index contributed by atoms with van der Waals surface area (Å²) in [6.45, 7) is 0. The topological polar surface area (TPSA) is 0 Å². The van der Waals surface area contributed by atoms with E-state index in [0.29, 0.717) is 0 Å². The zero-order valence-corrected chi connectivity index (χ0v) is 11.0. The van der Waals surface area contributed by atoms with Crippen LogP contribution in [0.4, 0.5) is 0 Å². The molecular formula is C13H10ClI. The van der Waals surface area contributed by atoms with Gasteiger partial charge < -0.3 is 0 Å². The van der Waals surface area contributed by atoms with E-state index < -0.39 is 0 Å². The van der Waals surface area contributed by atoms with Crippen molar-refractivity contribution in [1.82, 2.24) is 0 Å². The van der Waals surface area contributed by atoms with Crippen LogP contribution in [-0.4, -0.2) is 0 Å². The number of rotatable bonds is 2. The molecular weight excluding hydrogens is 318 g/mol. The van der Waals surface area contributed by atoms with Crippen molar-refractivity contribution in [3.8, 4) is 11.1 Å². The van der Waals surface area contributed by atoms with Gasteiger partial charge in [0.2, 0.25) is 0 Å². The normalized spacial score (nSPS) is 10.3. The van der Waals surface area contributed by atoms with E-state index in [-0.39, 0.29) is 0 Å². The highest BCUT2D eigenvalue weighted by atomic mass is 127. The van der Waals surface area contributed by atoms with Gasteiger partial charge in [-0.1, -0.05) is 70.6 Å². The van der Waals surface area contributed by atoms with Crippen LogP contribution in [0.5, 0.6) is 0 Å². The lowest BCUT2D eigenvalue weighted by molar-refractivity contribution is 1.44. The highest BCUT2D eigenvalue weighted by Gasteiger charge is 2.02. The van der Waals surface area contributed by atoms with Gasteiger partial charge in [-0.25, -0.2) is 0 Å². The lowest BCUT2D eigenvalue weighted by Crippen LogP contribution is -1.84. The van der Waals surface area contributed by atoms with Crippen LogP contribution >= 0.6 is 34.2 Å². The van der Waals surface area contributed by atoms with Gasteiger partial charge in [0.25, 0.3) is 0 Å². The molecule has 0 saturated heterocycles. The Bertz CT molecular complexity index is 448. The summed E-state index contributed by atoms with van der Waals surface area (Å²) in [5.74, 6) is 0. The van der Waals surface area contributed by atoms with Gasteiger partial charge in [0.15, 0.2) is 0 Å². The molecule has 76 valence electrons. The Labute approximate surface area is 108 Å². The molecule has 0 nitrogen and oxygen atoms in total. The third-order valence-electron chi connectivity index (χ3n) is 2.32. The Kier molecular flexibility index (Phi) is 3.65. The van der Waals surface area contributed by atoms with Crippen molar-refractivity contribution >= 4 is 34.2 Å². The molecule has 0 saturated carbocycles. The van der Waals surface area contributed by atoms with Gasteiger partial charge in [0, 0.05) is 9.45 Å². The summed E-state index contributed by atoms with van der Waals surface area (Å²) in [5.41, 5.74) is 3.88. The minimum atomic E-state index is 0.783. The molecule has 2 aromatic carbocycles. The summed E-state index contributed by atoms with van der Waals surface area (Å²) < 4.78 is 1.02. The monoisotopic (exact) mass is 328 g/mol. The second kappa shape index (κ2) is 4.99. The Hall–Kier alpha value is -0.540. The van der Waals surface area contributed by atoms with E-state index in [9.17, 15) is 0 Å². The third-order valence-corrected chi connectivity index (χ3v) is 3.39. The molecule has 0 aliphatic rings. The molecule has 0 spiro atoms. The van der Waals surface area contributed by atoms with E-state index in [0.717, 1.165) is 9.45 Å². The third kappa shape index (κ3) is 2.52. The summed E-state index contributed by atoms with van der Waals surface area (Å²) in [6, 6.07) is 16.4. The second-order valence-electron chi connectivity index (χ2n) is 3.30. The first-order valence-corrected chi connectivity index (χ1v) is 6.61. The van der Waals surface area contributed by atoms with E-state index in [1.54, 1.807) is 0 Å². The van der Waals surface area contributed by atoms with Crippen LogP contribution in [0.1, 0.15) is 5.56 Å². The molecule has 0 N–H and O–H groups in total. The van der Waals surface area contributed by atoms with Crippen LogP contribution in [0.25, 0.3) is 11.1 Å². The molecule has 0 fully saturated rings. The maximum Gasteiger partial charge on any atom is 0.0406 e. The van der Waals surface area contributed by atoms with Crippen molar-refractivity contribution in [2.75, 3.05) is 0 Å². The Morgan fingerprint density at radius 1 is 0.933 bits per heavy atom. The maximum absolute atomic E-state index is 5.87. The van der Waals surface area contributed by atoms with E-state index in [4.69, 9.17) is 11.6 Å². The fourth-order valence-electron chi connectivity index (χ4n) is 1.55. The average Bonchev–Trinajstić information content (AvgIpc) is 2.30. The van der Waals surface area contributed by atoms with Crippen LogP contribution in [-0.2, 0) is 4.43 Å². The predicted molar refractivity (Wildman–Crippen MR) is 74.6 cm³/mol. The Balaban J connectivity index is 2.49. The number of benzene rings is 2. The van der Waals surface area contributed by atoms with Crippen LogP contribution in [0, 0.1) is 0 Å². The predicted octanol–water partition coefficient (Wildman–Crippen LogP) is 4.94. The first-order chi connectivity index (χ1) is 7.31. The Morgan fingerprint density at radius 2 is 1.60 bits per heavy atom. The number of halogens is 2. The SMILES string of the molecule is Clc1ccc(-c2ccccc2CI)cc1. The lowest BCUT2D eigenvalue weighted by Gasteiger charge is -2.06. The van der Waals surface area contributed by atoms with Gasteiger partial charge in [0.05, 0.1) is 0 Å². The quantitative estimate of drug-likeness (QED) is 0.541. The van der Waals surface area contributed by atoms with E-state index >= 15 is 0 Å². The molecule has 0 unspecified atom stereocenters. The number of hydrogen-bond acceptors (Lipinski definition) is 0. The maximum atomic E-state index is 5.87. The molecule has 15 heavy (non-hydrogen) atoms. The second-order valence-corrected chi connectivity index (χ2v) is 4.50. The van der Waals surface area contributed by atoms with Gasteiger partial charge >= 0.3 is 0 Å². The van der Waals surface area contributed by atoms with Crippen molar-refractivity contribution in [3.05, 3.63) is 59.1 Å². The zero-order valence-electron chi connectivity index (χ0n) is 8.08. The lowest BCUT2D eigenvalue weighted by atomic mass is 10.0. The standard InChI is InChI=1S/C13H10ClI/c14-12-7-5-10(6-8-12)13-4-2-1-3-11(13)9-15/h1-8H,9H2. The molecule has 0 aliphatic heterocycles. The van der Waals surface area contributed by atoms with Gasteiger partial charge in [-0.15, -0.1) is 0 Å². The molecule has 0 atom stereocenters.